The highest BCUT2D eigenvalue weighted by Gasteiger charge is 2.39. The van der Waals surface area contributed by atoms with Crippen molar-refractivity contribution in [1.82, 2.24) is 9.29 Å². The quantitative estimate of drug-likeness (QED) is 0.912. The summed E-state index contributed by atoms with van der Waals surface area (Å²) < 4.78 is 27.5. The number of nitrogens with zero attached hydrogens (tertiary/aromatic N) is 2. The SMILES string of the molecule is Cc1nc(-c2ccc(S(=O)(=O)N3CCC(C)(CN)C3)s2)cs1. The van der Waals surface area contributed by atoms with Crippen molar-refractivity contribution in [2.24, 2.45) is 11.1 Å². The van der Waals surface area contributed by atoms with Crippen molar-refractivity contribution in [2.75, 3.05) is 19.6 Å². The minimum atomic E-state index is -3.43. The molecule has 0 radical (unpaired) electrons. The lowest BCUT2D eigenvalue weighted by Crippen LogP contribution is -2.34. The smallest absolute Gasteiger partial charge is 0.252 e. The summed E-state index contributed by atoms with van der Waals surface area (Å²) in [5, 5.41) is 2.94. The third-order valence-corrected chi connectivity index (χ3v) is 8.26. The van der Waals surface area contributed by atoms with Crippen LogP contribution in [0.1, 0.15) is 18.4 Å². The first-order chi connectivity index (χ1) is 10.3. The van der Waals surface area contributed by atoms with Crippen molar-refractivity contribution in [3.63, 3.8) is 0 Å². The van der Waals surface area contributed by atoms with Gasteiger partial charge in [-0.2, -0.15) is 4.31 Å². The van der Waals surface area contributed by atoms with Crippen molar-refractivity contribution in [3.8, 4) is 10.6 Å². The largest absolute Gasteiger partial charge is 0.330 e. The minimum absolute atomic E-state index is 0.112. The van der Waals surface area contributed by atoms with Crippen molar-refractivity contribution < 1.29 is 8.42 Å². The molecule has 3 heterocycles. The summed E-state index contributed by atoms with van der Waals surface area (Å²) in [5.74, 6) is 0. The Kier molecular flexibility index (Phi) is 4.15. The van der Waals surface area contributed by atoms with E-state index in [0.717, 1.165) is 22.0 Å². The van der Waals surface area contributed by atoms with Crippen molar-refractivity contribution in [1.29, 1.82) is 0 Å². The minimum Gasteiger partial charge on any atom is -0.330 e. The van der Waals surface area contributed by atoms with Crippen LogP contribution in [0, 0.1) is 12.3 Å². The summed E-state index contributed by atoms with van der Waals surface area (Å²) in [6, 6.07) is 3.52. The number of hydrogen-bond donors (Lipinski definition) is 1. The molecule has 1 saturated heterocycles. The highest BCUT2D eigenvalue weighted by Crippen LogP contribution is 2.36. The van der Waals surface area contributed by atoms with Crippen LogP contribution in [0.15, 0.2) is 21.7 Å². The van der Waals surface area contributed by atoms with Crippen LogP contribution < -0.4 is 5.73 Å². The molecular weight excluding hydrogens is 338 g/mol. The molecule has 8 heteroatoms. The number of hydrogen-bond acceptors (Lipinski definition) is 6. The Balaban J connectivity index is 1.86. The van der Waals surface area contributed by atoms with Gasteiger partial charge in [0.15, 0.2) is 0 Å². The summed E-state index contributed by atoms with van der Waals surface area (Å²) >= 11 is 2.85. The first-order valence-corrected chi connectivity index (χ1v) is 10.2. The van der Waals surface area contributed by atoms with Gasteiger partial charge in [0, 0.05) is 18.5 Å². The molecule has 22 heavy (non-hydrogen) atoms. The average molecular weight is 358 g/mol. The molecule has 2 aromatic heterocycles. The Morgan fingerprint density at radius 2 is 2.23 bits per heavy atom. The molecule has 1 fully saturated rings. The zero-order chi connectivity index (χ0) is 16.0. The molecule has 1 atom stereocenters. The summed E-state index contributed by atoms with van der Waals surface area (Å²) in [7, 11) is -3.43. The van der Waals surface area contributed by atoms with Crippen molar-refractivity contribution in [3.05, 3.63) is 22.5 Å². The molecule has 1 aliphatic rings. The molecule has 0 aromatic carbocycles. The summed E-state index contributed by atoms with van der Waals surface area (Å²) in [5.41, 5.74) is 6.51. The fourth-order valence-corrected chi connectivity index (χ4v) is 6.25. The summed E-state index contributed by atoms with van der Waals surface area (Å²) in [6.45, 7) is 5.53. The van der Waals surface area contributed by atoms with E-state index in [4.69, 9.17) is 5.73 Å². The Labute approximate surface area is 138 Å². The number of thiophene rings is 1. The summed E-state index contributed by atoms with van der Waals surface area (Å²) in [4.78, 5) is 5.31. The fourth-order valence-electron chi connectivity index (χ4n) is 2.55. The van der Waals surface area contributed by atoms with E-state index in [1.165, 1.54) is 11.3 Å². The fraction of sp³-hybridized carbons (Fsp3) is 0.500. The lowest BCUT2D eigenvalue weighted by atomic mass is 9.90. The maximum absolute atomic E-state index is 12.8. The molecule has 0 amide bonds. The van der Waals surface area contributed by atoms with Crippen LogP contribution in [0.4, 0.5) is 0 Å². The van der Waals surface area contributed by atoms with Gasteiger partial charge in [-0.1, -0.05) is 6.92 Å². The van der Waals surface area contributed by atoms with Gasteiger partial charge in [0.2, 0.25) is 0 Å². The second-order valence-electron chi connectivity index (χ2n) is 5.97. The lowest BCUT2D eigenvalue weighted by molar-refractivity contribution is 0.350. The van der Waals surface area contributed by atoms with Gasteiger partial charge in [-0.15, -0.1) is 22.7 Å². The van der Waals surface area contributed by atoms with E-state index in [1.807, 2.05) is 25.3 Å². The number of thiazole rings is 1. The number of nitrogens with two attached hydrogens (primary N) is 1. The standard InChI is InChI=1S/C14H19N3O2S3/c1-10-16-11(7-20-10)12-3-4-13(21-12)22(18,19)17-6-5-14(2,8-15)9-17/h3-4,7H,5-6,8-9,15H2,1-2H3. The predicted octanol–water partition coefficient (Wildman–Crippen LogP) is 2.54. The summed E-state index contributed by atoms with van der Waals surface area (Å²) in [6.07, 6.45) is 0.812. The van der Waals surface area contributed by atoms with Gasteiger partial charge in [0.1, 0.15) is 4.21 Å². The lowest BCUT2D eigenvalue weighted by Gasteiger charge is -2.21. The number of rotatable bonds is 4. The molecule has 1 unspecified atom stereocenters. The van der Waals surface area contributed by atoms with Crippen LogP contribution in [0.3, 0.4) is 0 Å². The molecule has 1 aliphatic heterocycles. The van der Waals surface area contributed by atoms with Gasteiger partial charge in [-0.3, -0.25) is 0 Å². The average Bonchev–Trinajstić information content (AvgIpc) is 3.17. The number of aryl methyl sites for hydroxylation is 1. The van der Waals surface area contributed by atoms with Crippen molar-refractivity contribution in [2.45, 2.75) is 24.5 Å². The third kappa shape index (κ3) is 2.85. The molecule has 2 aromatic rings. The predicted molar refractivity (Wildman–Crippen MR) is 90.7 cm³/mol. The molecule has 2 N–H and O–H groups in total. The van der Waals surface area contributed by atoms with Crippen LogP contribution in [0.5, 0.6) is 0 Å². The second-order valence-corrected chi connectivity index (χ2v) is 10.3. The maximum atomic E-state index is 12.8. The van der Waals surface area contributed by atoms with Gasteiger partial charge in [-0.05, 0) is 37.4 Å². The third-order valence-electron chi connectivity index (χ3n) is 4.06. The second kappa shape index (κ2) is 5.68. The Bertz CT molecular complexity index is 781. The molecule has 120 valence electrons. The van der Waals surface area contributed by atoms with Gasteiger partial charge < -0.3 is 5.73 Å². The maximum Gasteiger partial charge on any atom is 0.252 e. The van der Waals surface area contributed by atoms with Crippen LogP contribution in [0.2, 0.25) is 0 Å². The Morgan fingerprint density at radius 3 is 2.82 bits per heavy atom. The number of sulfonamides is 1. The van der Waals surface area contributed by atoms with E-state index in [-0.39, 0.29) is 5.41 Å². The van der Waals surface area contributed by atoms with E-state index < -0.39 is 10.0 Å². The Hall–Kier alpha value is -0.800. The van der Waals surface area contributed by atoms with Gasteiger partial charge in [0.05, 0.1) is 15.6 Å². The van der Waals surface area contributed by atoms with E-state index >= 15 is 0 Å². The van der Waals surface area contributed by atoms with E-state index in [2.05, 4.69) is 4.98 Å². The first kappa shape index (κ1) is 16.1. The van der Waals surface area contributed by atoms with Crippen LogP contribution >= 0.6 is 22.7 Å². The van der Waals surface area contributed by atoms with Crippen LogP contribution in [0.25, 0.3) is 10.6 Å². The van der Waals surface area contributed by atoms with Gasteiger partial charge in [-0.25, -0.2) is 13.4 Å². The zero-order valence-electron chi connectivity index (χ0n) is 12.6. The normalized spacial score (nSPS) is 23.2. The van der Waals surface area contributed by atoms with Gasteiger partial charge in [0.25, 0.3) is 10.0 Å². The molecule has 0 saturated carbocycles. The van der Waals surface area contributed by atoms with Crippen molar-refractivity contribution >= 4 is 32.7 Å². The monoisotopic (exact) mass is 357 g/mol. The van der Waals surface area contributed by atoms with E-state index in [0.29, 0.717) is 23.8 Å². The molecule has 3 rings (SSSR count). The molecular formula is C14H19N3O2S3. The van der Waals surface area contributed by atoms with Gasteiger partial charge >= 0.3 is 0 Å². The van der Waals surface area contributed by atoms with Crippen LogP contribution in [-0.4, -0.2) is 37.3 Å². The highest BCUT2D eigenvalue weighted by atomic mass is 32.2. The first-order valence-electron chi connectivity index (χ1n) is 7.07. The van der Waals surface area contributed by atoms with E-state index in [1.54, 1.807) is 21.7 Å². The topological polar surface area (TPSA) is 76.3 Å². The molecule has 0 bridgehead atoms. The van der Waals surface area contributed by atoms with E-state index in [9.17, 15) is 8.42 Å². The highest BCUT2D eigenvalue weighted by molar-refractivity contribution is 7.91. The zero-order valence-corrected chi connectivity index (χ0v) is 15.0. The number of aromatic nitrogens is 1. The van der Waals surface area contributed by atoms with Crippen LogP contribution in [-0.2, 0) is 10.0 Å². The molecule has 5 nitrogen and oxygen atoms in total. The Morgan fingerprint density at radius 1 is 1.45 bits per heavy atom. The molecule has 0 spiro atoms. The molecule has 0 aliphatic carbocycles.